The summed E-state index contributed by atoms with van der Waals surface area (Å²) in [5.74, 6) is 1.27. The molecule has 1 aliphatic heterocycles. The molecule has 6 heteroatoms. The Kier molecular flexibility index (Phi) is 3.70. The molecular weight excluding hydrogens is 258 g/mol. The molecule has 0 saturated carbocycles. The number of nitrogens with one attached hydrogen (secondary N) is 2. The molecule has 0 aliphatic carbocycles. The van der Waals surface area contributed by atoms with Crippen LogP contribution in [0.2, 0.25) is 0 Å². The van der Waals surface area contributed by atoms with Gasteiger partial charge in [0.2, 0.25) is 0 Å². The standard InChI is InChI=1S/C13H17N5S/c1-9-7-17-13(19-9)18-12-11(15-5-6-16-12)10-3-2-4-14-8-10/h5-7,10,14H,2-4,8H2,1H3,(H,16,17,18)/t10-/m0/s1. The summed E-state index contributed by atoms with van der Waals surface area (Å²) in [5.41, 5.74) is 1.04. The van der Waals surface area contributed by atoms with E-state index in [0.29, 0.717) is 5.92 Å². The van der Waals surface area contributed by atoms with Crippen molar-refractivity contribution >= 4 is 22.3 Å². The zero-order valence-electron chi connectivity index (χ0n) is 10.9. The minimum atomic E-state index is 0.436. The van der Waals surface area contributed by atoms with E-state index in [9.17, 15) is 0 Å². The van der Waals surface area contributed by atoms with Gasteiger partial charge in [0, 0.05) is 35.9 Å². The number of rotatable bonds is 3. The number of anilines is 2. The van der Waals surface area contributed by atoms with Crippen molar-refractivity contribution in [2.24, 2.45) is 0 Å². The molecule has 1 aliphatic rings. The number of thiazole rings is 1. The van der Waals surface area contributed by atoms with Crippen molar-refractivity contribution in [1.29, 1.82) is 0 Å². The quantitative estimate of drug-likeness (QED) is 0.901. The highest BCUT2D eigenvalue weighted by Gasteiger charge is 2.20. The molecule has 0 radical (unpaired) electrons. The van der Waals surface area contributed by atoms with Crippen molar-refractivity contribution < 1.29 is 0 Å². The third-order valence-electron chi connectivity index (χ3n) is 3.26. The second-order valence-corrected chi connectivity index (χ2v) is 5.97. The summed E-state index contributed by atoms with van der Waals surface area (Å²) in [7, 11) is 0. The summed E-state index contributed by atoms with van der Waals surface area (Å²) in [5, 5.41) is 7.59. The predicted molar refractivity (Wildman–Crippen MR) is 77.0 cm³/mol. The lowest BCUT2D eigenvalue weighted by Crippen LogP contribution is -2.29. The van der Waals surface area contributed by atoms with Crippen LogP contribution in [-0.2, 0) is 0 Å². The van der Waals surface area contributed by atoms with Crippen molar-refractivity contribution in [3.63, 3.8) is 0 Å². The van der Waals surface area contributed by atoms with E-state index >= 15 is 0 Å². The largest absolute Gasteiger partial charge is 0.316 e. The molecule has 0 aromatic carbocycles. The van der Waals surface area contributed by atoms with Crippen LogP contribution in [-0.4, -0.2) is 28.0 Å². The Morgan fingerprint density at radius 2 is 2.21 bits per heavy atom. The average Bonchev–Trinajstić information content (AvgIpc) is 2.86. The van der Waals surface area contributed by atoms with E-state index in [0.717, 1.165) is 36.2 Å². The molecule has 1 fully saturated rings. The molecule has 2 N–H and O–H groups in total. The molecule has 3 heterocycles. The van der Waals surface area contributed by atoms with E-state index in [1.54, 1.807) is 23.7 Å². The zero-order chi connectivity index (χ0) is 13.1. The van der Waals surface area contributed by atoms with E-state index in [1.165, 1.54) is 11.3 Å². The van der Waals surface area contributed by atoms with Gasteiger partial charge in [0.15, 0.2) is 10.9 Å². The fourth-order valence-electron chi connectivity index (χ4n) is 2.34. The number of aromatic nitrogens is 3. The molecular formula is C13H17N5S. The summed E-state index contributed by atoms with van der Waals surface area (Å²) >= 11 is 1.63. The summed E-state index contributed by atoms with van der Waals surface area (Å²) < 4.78 is 0. The highest BCUT2D eigenvalue weighted by Crippen LogP contribution is 2.29. The van der Waals surface area contributed by atoms with E-state index in [-0.39, 0.29) is 0 Å². The van der Waals surface area contributed by atoms with Crippen LogP contribution < -0.4 is 10.6 Å². The monoisotopic (exact) mass is 275 g/mol. The summed E-state index contributed by atoms with van der Waals surface area (Å²) in [6.45, 7) is 4.13. The van der Waals surface area contributed by atoms with Gasteiger partial charge in [0.05, 0.1) is 5.69 Å². The normalized spacial score (nSPS) is 19.3. The van der Waals surface area contributed by atoms with Crippen LogP contribution in [0.5, 0.6) is 0 Å². The summed E-state index contributed by atoms with van der Waals surface area (Å²) in [4.78, 5) is 14.4. The van der Waals surface area contributed by atoms with Crippen LogP contribution in [0.15, 0.2) is 18.6 Å². The van der Waals surface area contributed by atoms with E-state index in [2.05, 4.69) is 25.6 Å². The number of piperidine rings is 1. The maximum absolute atomic E-state index is 4.52. The second-order valence-electron chi connectivity index (χ2n) is 4.73. The fraction of sp³-hybridized carbons (Fsp3) is 0.462. The lowest BCUT2D eigenvalue weighted by molar-refractivity contribution is 0.455. The first-order chi connectivity index (χ1) is 9.33. The minimum Gasteiger partial charge on any atom is -0.316 e. The number of hydrogen-bond donors (Lipinski definition) is 2. The van der Waals surface area contributed by atoms with Crippen molar-refractivity contribution in [3.8, 4) is 0 Å². The molecule has 100 valence electrons. The SMILES string of the molecule is Cc1cnc(Nc2nccnc2[C@H]2CCCNC2)s1. The third-order valence-corrected chi connectivity index (χ3v) is 4.08. The highest BCUT2D eigenvalue weighted by molar-refractivity contribution is 7.15. The van der Waals surface area contributed by atoms with Gasteiger partial charge in [-0.3, -0.25) is 4.98 Å². The Morgan fingerprint density at radius 3 is 2.95 bits per heavy atom. The fourth-order valence-corrected chi connectivity index (χ4v) is 3.01. The number of nitrogens with zero attached hydrogens (tertiary/aromatic N) is 3. The molecule has 0 bridgehead atoms. The van der Waals surface area contributed by atoms with E-state index < -0.39 is 0 Å². The van der Waals surface area contributed by atoms with Gasteiger partial charge in [-0.15, -0.1) is 11.3 Å². The highest BCUT2D eigenvalue weighted by atomic mass is 32.1. The molecule has 5 nitrogen and oxygen atoms in total. The third kappa shape index (κ3) is 2.90. The first kappa shape index (κ1) is 12.5. The molecule has 0 spiro atoms. The first-order valence-electron chi connectivity index (χ1n) is 6.54. The number of hydrogen-bond acceptors (Lipinski definition) is 6. The van der Waals surface area contributed by atoms with Crippen molar-refractivity contribution in [2.75, 3.05) is 18.4 Å². The van der Waals surface area contributed by atoms with Gasteiger partial charge in [-0.25, -0.2) is 9.97 Å². The molecule has 19 heavy (non-hydrogen) atoms. The number of aryl methyl sites for hydroxylation is 1. The second kappa shape index (κ2) is 5.63. The molecule has 0 unspecified atom stereocenters. The molecule has 0 amide bonds. The van der Waals surface area contributed by atoms with Crippen LogP contribution in [0.25, 0.3) is 0 Å². The maximum atomic E-state index is 4.52. The summed E-state index contributed by atoms with van der Waals surface area (Å²) in [6, 6.07) is 0. The van der Waals surface area contributed by atoms with Gasteiger partial charge >= 0.3 is 0 Å². The first-order valence-corrected chi connectivity index (χ1v) is 7.35. The van der Waals surface area contributed by atoms with Gasteiger partial charge < -0.3 is 10.6 Å². The van der Waals surface area contributed by atoms with Crippen LogP contribution in [0.4, 0.5) is 10.9 Å². The predicted octanol–water partition coefficient (Wildman–Crippen LogP) is 2.45. The Balaban J connectivity index is 1.84. The van der Waals surface area contributed by atoms with Crippen molar-refractivity contribution in [2.45, 2.75) is 25.7 Å². The van der Waals surface area contributed by atoms with Crippen LogP contribution in [0, 0.1) is 6.92 Å². The Bertz CT molecular complexity index is 547. The Hall–Kier alpha value is -1.53. The van der Waals surface area contributed by atoms with Crippen molar-refractivity contribution in [1.82, 2.24) is 20.3 Å². The van der Waals surface area contributed by atoms with Crippen LogP contribution >= 0.6 is 11.3 Å². The maximum Gasteiger partial charge on any atom is 0.188 e. The smallest absolute Gasteiger partial charge is 0.188 e. The molecule has 1 atom stereocenters. The lowest BCUT2D eigenvalue weighted by Gasteiger charge is -2.23. The minimum absolute atomic E-state index is 0.436. The van der Waals surface area contributed by atoms with Gasteiger partial charge in [-0.05, 0) is 26.3 Å². The molecule has 1 saturated heterocycles. The zero-order valence-corrected chi connectivity index (χ0v) is 11.7. The lowest BCUT2D eigenvalue weighted by atomic mass is 9.96. The van der Waals surface area contributed by atoms with E-state index in [1.807, 2.05) is 13.1 Å². The topological polar surface area (TPSA) is 62.7 Å². The van der Waals surface area contributed by atoms with Gasteiger partial charge in [0.1, 0.15) is 0 Å². The molecule has 2 aromatic rings. The van der Waals surface area contributed by atoms with Crippen LogP contribution in [0.3, 0.4) is 0 Å². The Labute approximate surface area is 116 Å². The van der Waals surface area contributed by atoms with Gasteiger partial charge in [-0.1, -0.05) is 0 Å². The molecule has 3 rings (SSSR count). The van der Waals surface area contributed by atoms with Crippen molar-refractivity contribution in [3.05, 3.63) is 29.2 Å². The molecule has 2 aromatic heterocycles. The van der Waals surface area contributed by atoms with Gasteiger partial charge in [0.25, 0.3) is 0 Å². The average molecular weight is 275 g/mol. The summed E-state index contributed by atoms with van der Waals surface area (Å²) in [6.07, 6.45) is 7.71. The van der Waals surface area contributed by atoms with E-state index in [4.69, 9.17) is 0 Å². The Morgan fingerprint density at radius 1 is 1.32 bits per heavy atom. The van der Waals surface area contributed by atoms with Crippen LogP contribution in [0.1, 0.15) is 29.3 Å². The van der Waals surface area contributed by atoms with Gasteiger partial charge in [-0.2, -0.15) is 0 Å².